The number of aromatic nitrogens is 1. The predicted molar refractivity (Wildman–Crippen MR) is 319 cm³/mol. The molecule has 11 rings (SSSR count). The first kappa shape index (κ1) is 61.0. The normalized spacial score (nSPS) is 18.0. The Morgan fingerprint density at radius 2 is 1.34 bits per heavy atom. The molecule has 0 radical (unpaired) electrons. The van der Waals surface area contributed by atoms with Crippen molar-refractivity contribution in [2.75, 3.05) is 43.8 Å². The van der Waals surface area contributed by atoms with Crippen molar-refractivity contribution in [2.24, 2.45) is 0 Å². The number of hydrogen-bond donors (Lipinski definition) is 3. The molecule has 2 atom stereocenters. The molecule has 3 N–H and O–H groups in total. The summed E-state index contributed by atoms with van der Waals surface area (Å²) in [6.07, 6.45) is -0.393. The van der Waals surface area contributed by atoms with E-state index in [1.807, 2.05) is 46.1 Å². The Bertz CT molecular complexity index is 4640. The summed E-state index contributed by atoms with van der Waals surface area (Å²) in [7, 11) is -19.1. The van der Waals surface area contributed by atoms with Crippen LogP contribution < -0.4 is 30.2 Å². The lowest BCUT2D eigenvalue weighted by atomic mass is 9.78. The quantitative estimate of drug-likeness (QED) is 0.0697. The smallest absolute Gasteiger partial charge is 0.303 e. The summed E-state index contributed by atoms with van der Waals surface area (Å²) in [4.78, 5) is 43.8. The monoisotopic (exact) mass is 1260 g/mol. The third-order valence-corrected chi connectivity index (χ3v) is 23.4. The molecule has 1 aromatic heterocycles. The molecular weight excluding hydrogens is 1200 g/mol. The lowest BCUT2D eigenvalue weighted by Crippen LogP contribution is -2.81. The van der Waals surface area contributed by atoms with E-state index in [4.69, 9.17) is 4.74 Å². The third kappa shape index (κ3) is 10.6. The second kappa shape index (κ2) is 21.9. The number of sulfonamides is 2. The minimum Gasteiger partial charge on any atom is -0.744 e. The van der Waals surface area contributed by atoms with E-state index in [0.29, 0.717) is 38.5 Å². The van der Waals surface area contributed by atoms with Gasteiger partial charge >= 0.3 is 5.97 Å². The minimum absolute atomic E-state index is 0.00701. The van der Waals surface area contributed by atoms with Crippen molar-refractivity contribution in [3.63, 3.8) is 0 Å². The zero-order chi connectivity index (χ0) is 62.7. The second-order valence-electron chi connectivity index (χ2n) is 23.8. The summed E-state index contributed by atoms with van der Waals surface area (Å²) in [6, 6.07) is 28.8. The zero-order valence-electron chi connectivity index (χ0n) is 48.7. The van der Waals surface area contributed by atoms with Gasteiger partial charge in [0.15, 0.2) is 29.0 Å². The molecule has 456 valence electrons. The minimum atomic E-state index is -5.36. The standard InChI is InChI=1S/C62H64N6O15S4/c1-36-19-25-41(26-20-36)85(75,76)68(28-12-18-50(69)70)60(72)52-42-14-8-10-16-48(42)67(49-17-11-9-15-43(49)52)27-13-33-84(73,74)66-31-29-65(30-32-66)59(71)40-23-21-39(22-24-40)51-44-34-46-53(63-37(2)61(46,4)5)57(86(77,78)79)55(44)83-56-45(51)35-47-54(58(56)87(80,81)82)64-38(3)62(47,6)7/h8-11,14-17,19-26,34-35,37-38H,12-13,18,27-33H2,1-7H3,(H3-,63,64,69,70,77,78,79,80,81,82). The maximum Gasteiger partial charge on any atom is 0.303 e. The van der Waals surface area contributed by atoms with Gasteiger partial charge in [-0.1, -0.05) is 67.9 Å². The molecule has 6 aromatic carbocycles. The van der Waals surface area contributed by atoms with E-state index in [1.165, 1.54) is 21.3 Å². The van der Waals surface area contributed by atoms with E-state index in [9.17, 15) is 62.3 Å². The number of hydrogen-bond acceptors (Lipinski definition) is 15. The number of nitrogens with one attached hydrogen (secondary N) is 2. The van der Waals surface area contributed by atoms with Crippen LogP contribution in [0, 0.1) is 6.92 Å². The van der Waals surface area contributed by atoms with E-state index in [0.717, 1.165) is 9.87 Å². The van der Waals surface area contributed by atoms with Crippen LogP contribution in [0.3, 0.4) is 0 Å². The summed E-state index contributed by atoms with van der Waals surface area (Å²) < 4.78 is 147. The number of carboxylic acids is 1. The Kier molecular flexibility index (Phi) is 15.3. The number of piperazine rings is 1. The molecule has 21 nitrogen and oxygen atoms in total. The number of carbonyl (C=O) groups is 3. The van der Waals surface area contributed by atoms with Gasteiger partial charge in [-0.05, 0) is 101 Å². The maximum atomic E-state index is 14.9. The summed E-state index contributed by atoms with van der Waals surface area (Å²) in [6.45, 7) is 12.8. The molecule has 0 saturated carbocycles. The van der Waals surface area contributed by atoms with Crippen LogP contribution in [0.1, 0.15) is 109 Å². The van der Waals surface area contributed by atoms with E-state index < -0.39 is 96.7 Å². The number of rotatable bonds is 16. The number of carboxylic acid groups (broad SMARTS) is 1. The van der Waals surface area contributed by atoms with Crippen LogP contribution in [0.25, 0.3) is 27.4 Å². The highest BCUT2D eigenvalue weighted by Gasteiger charge is 2.46. The Balaban J connectivity index is 0.852. The van der Waals surface area contributed by atoms with Gasteiger partial charge < -0.3 is 29.2 Å². The summed E-state index contributed by atoms with van der Waals surface area (Å²) in [5, 5.41) is 13.5. The number of aliphatic carboxylic acids is 1. The van der Waals surface area contributed by atoms with Gasteiger partial charge in [0.1, 0.15) is 25.1 Å². The molecule has 0 spiro atoms. The fraction of sp³-hybridized carbons (Fsp3) is 0.339. The molecule has 25 heteroatoms. The maximum absolute atomic E-state index is 14.9. The molecule has 0 bridgehead atoms. The molecule has 0 aliphatic carbocycles. The number of ether oxygens (including phenoxy) is 1. The fourth-order valence-corrected chi connectivity index (χ4v) is 16.9. The number of pyridine rings is 1. The van der Waals surface area contributed by atoms with Crippen molar-refractivity contribution >= 4 is 91.1 Å². The van der Waals surface area contributed by atoms with Crippen molar-refractivity contribution in [3.05, 3.63) is 159 Å². The lowest BCUT2D eigenvalue weighted by Gasteiger charge is -2.34. The lowest BCUT2D eigenvalue weighted by molar-refractivity contribution is -0.645. The van der Waals surface area contributed by atoms with Gasteiger partial charge in [0.2, 0.25) is 26.4 Å². The number of amides is 2. The molecule has 1 fully saturated rings. The number of aryl methyl sites for hydroxylation is 2. The number of para-hydroxylation sites is 2. The molecular formula is C62H64N6O15S4. The highest BCUT2D eigenvalue weighted by molar-refractivity contribution is 7.89. The van der Waals surface area contributed by atoms with Gasteiger partial charge in [-0.3, -0.25) is 14.4 Å². The van der Waals surface area contributed by atoms with Crippen LogP contribution in [-0.4, -0.2) is 130 Å². The summed E-state index contributed by atoms with van der Waals surface area (Å²) in [5.41, 5.74) is 2.47. The third-order valence-electron chi connectivity index (χ3n) is 17.8. The highest BCUT2D eigenvalue weighted by Crippen LogP contribution is 2.53. The fourth-order valence-electron chi connectivity index (χ4n) is 12.4. The summed E-state index contributed by atoms with van der Waals surface area (Å²) in [5.74, 6) is -3.61. The zero-order valence-corrected chi connectivity index (χ0v) is 52.0. The molecule has 2 amide bonds. The number of carbonyl (C=O) groups excluding carboxylic acids is 2. The van der Waals surface area contributed by atoms with Gasteiger partial charge in [-0.2, -0.15) is 8.87 Å². The van der Waals surface area contributed by atoms with Crippen molar-refractivity contribution in [2.45, 2.75) is 112 Å². The summed E-state index contributed by atoms with van der Waals surface area (Å²) >= 11 is 0. The number of anilines is 1. The largest absolute Gasteiger partial charge is 0.744 e. The average molecular weight is 1260 g/mol. The molecule has 87 heavy (non-hydrogen) atoms. The first-order valence-electron chi connectivity index (χ1n) is 28.3. The topological polar surface area (TPSA) is 303 Å². The Morgan fingerprint density at radius 1 is 0.747 bits per heavy atom. The molecule has 4 aliphatic heterocycles. The van der Waals surface area contributed by atoms with Crippen molar-refractivity contribution < 1.29 is 76.6 Å². The van der Waals surface area contributed by atoms with E-state index >= 15 is 0 Å². The van der Waals surface area contributed by atoms with Crippen molar-refractivity contribution in [1.82, 2.24) is 13.5 Å². The number of fused-ring (bicyclic) bond motifs is 6. The first-order chi connectivity index (χ1) is 40.8. The van der Waals surface area contributed by atoms with E-state index in [2.05, 4.69) is 10.3 Å². The predicted octanol–water partition coefficient (Wildman–Crippen LogP) is 4.10. The van der Waals surface area contributed by atoms with Crippen LogP contribution >= 0.6 is 0 Å². The van der Waals surface area contributed by atoms with Crippen LogP contribution in [0.2, 0.25) is 0 Å². The Labute approximate surface area is 504 Å². The van der Waals surface area contributed by atoms with Gasteiger partial charge in [-0.25, -0.2) is 43.0 Å². The SMILES string of the molecule is Cc1ccc(S(=O)(=O)N(CCCC(=O)O)C(=O)c2c3ccccc3[n+](CCCS(=O)(=O)N3CCN(C(=O)c4ccc(C5=c6cc7c(c(S(=O)(=O)[O-])c6Oc6c5cc5c(c6S(=O)(=O)[O-])NC(C)C5(C)C)=[NH+]C(C)C7(C)C)cc4)CC3)c3ccccc23)cc1. The van der Waals surface area contributed by atoms with E-state index in [-0.39, 0.29) is 113 Å². The molecule has 2 unspecified atom stereocenters. The van der Waals surface area contributed by atoms with Crippen LogP contribution in [0.4, 0.5) is 5.69 Å². The van der Waals surface area contributed by atoms with Gasteiger partial charge in [0, 0.05) is 96.6 Å². The van der Waals surface area contributed by atoms with Gasteiger partial charge in [0.05, 0.1) is 38.1 Å². The Hall–Kier alpha value is -7.65. The first-order valence-corrected chi connectivity index (χ1v) is 34.2. The number of benzene rings is 6. The van der Waals surface area contributed by atoms with Crippen LogP contribution in [0.5, 0.6) is 11.5 Å². The van der Waals surface area contributed by atoms with Crippen LogP contribution in [-0.2, 0) is 62.5 Å². The molecule has 1 saturated heterocycles. The molecule has 4 aliphatic rings. The van der Waals surface area contributed by atoms with Crippen LogP contribution in [0.15, 0.2) is 124 Å². The van der Waals surface area contributed by atoms with E-state index in [1.54, 1.807) is 104 Å². The molecule has 5 heterocycles. The van der Waals surface area contributed by atoms with Gasteiger partial charge in [0.25, 0.3) is 21.8 Å². The van der Waals surface area contributed by atoms with Crippen molar-refractivity contribution in [3.8, 4) is 11.5 Å². The number of nitrogens with zero attached hydrogens (tertiary/aromatic N) is 4. The Morgan fingerprint density at radius 3 is 1.93 bits per heavy atom. The molecule has 7 aromatic rings. The second-order valence-corrected chi connectivity index (χ2v) is 30.3. The van der Waals surface area contributed by atoms with Gasteiger partial charge in [-0.15, -0.1) is 0 Å². The average Bonchev–Trinajstić information content (AvgIpc) is 1.69. The highest BCUT2D eigenvalue weighted by atomic mass is 32.2. The van der Waals surface area contributed by atoms with Crippen molar-refractivity contribution in [1.29, 1.82) is 0 Å².